The minimum Gasteiger partial charge on any atom is -0.396 e. The van der Waals surface area contributed by atoms with Crippen LogP contribution in [0.3, 0.4) is 0 Å². The Morgan fingerprint density at radius 3 is 2.64 bits per heavy atom. The Morgan fingerprint density at radius 1 is 1.12 bits per heavy atom. The van der Waals surface area contributed by atoms with Gasteiger partial charge in [0.05, 0.1) is 6.61 Å². The average molecular weight is 344 g/mol. The Labute approximate surface area is 147 Å². The van der Waals surface area contributed by atoms with Crippen LogP contribution in [0.4, 0.5) is 11.6 Å². The van der Waals surface area contributed by atoms with E-state index >= 15 is 0 Å². The molecular weight excluding hydrogens is 320 g/mol. The summed E-state index contributed by atoms with van der Waals surface area (Å²) in [7, 11) is 0. The predicted octanol–water partition coefficient (Wildman–Crippen LogP) is 0.317. The Morgan fingerprint density at radius 2 is 1.92 bits per heavy atom. The van der Waals surface area contributed by atoms with E-state index < -0.39 is 0 Å². The van der Waals surface area contributed by atoms with E-state index in [1.165, 1.54) is 0 Å². The summed E-state index contributed by atoms with van der Waals surface area (Å²) in [6.07, 6.45) is 2.21. The van der Waals surface area contributed by atoms with Crippen molar-refractivity contribution in [3.05, 3.63) is 35.7 Å². The molecule has 8 nitrogen and oxygen atoms in total. The Hall–Kier alpha value is -2.32. The maximum atomic E-state index is 9.33. The van der Waals surface area contributed by atoms with Crippen molar-refractivity contribution in [3.63, 3.8) is 0 Å². The highest BCUT2D eigenvalue weighted by Gasteiger charge is 2.26. The SMILES string of the molecule is Cc1cc(N2CCN(c3ccnc(CCO)n3)C[C@@H]2C)nc(CO)n1. The van der Waals surface area contributed by atoms with Gasteiger partial charge >= 0.3 is 0 Å². The van der Waals surface area contributed by atoms with Crippen LogP contribution in [0.25, 0.3) is 0 Å². The van der Waals surface area contributed by atoms with Gasteiger partial charge in [0.25, 0.3) is 0 Å². The highest BCUT2D eigenvalue weighted by atomic mass is 16.3. The molecule has 0 aliphatic carbocycles. The van der Waals surface area contributed by atoms with Crippen LogP contribution in [0.15, 0.2) is 18.3 Å². The highest BCUT2D eigenvalue weighted by Crippen LogP contribution is 2.22. The third kappa shape index (κ3) is 4.02. The minimum absolute atomic E-state index is 0.0495. The second-order valence-corrected chi connectivity index (χ2v) is 6.23. The summed E-state index contributed by atoms with van der Waals surface area (Å²) in [6.45, 7) is 6.39. The zero-order chi connectivity index (χ0) is 17.8. The molecule has 1 atom stereocenters. The summed E-state index contributed by atoms with van der Waals surface area (Å²) in [6, 6.07) is 4.10. The molecule has 134 valence electrons. The van der Waals surface area contributed by atoms with Crippen LogP contribution >= 0.6 is 0 Å². The fourth-order valence-electron chi connectivity index (χ4n) is 3.12. The fourth-order valence-corrected chi connectivity index (χ4v) is 3.12. The van der Waals surface area contributed by atoms with Crippen molar-refractivity contribution in [3.8, 4) is 0 Å². The van der Waals surface area contributed by atoms with Crippen molar-refractivity contribution in [1.29, 1.82) is 0 Å². The van der Waals surface area contributed by atoms with E-state index in [9.17, 15) is 5.11 Å². The molecule has 0 spiro atoms. The summed E-state index contributed by atoms with van der Waals surface area (Å²) >= 11 is 0. The first-order valence-electron chi connectivity index (χ1n) is 8.50. The van der Waals surface area contributed by atoms with Crippen molar-refractivity contribution in [2.24, 2.45) is 0 Å². The number of aryl methyl sites for hydroxylation is 1. The largest absolute Gasteiger partial charge is 0.396 e. The van der Waals surface area contributed by atoms with Crippen molar-refractivity contribution >= 4 is 11.6 Å². The van der Waals surface area contributed by atoms with Gasteiger partial charge in [-0.15, -0.1) is 0 Å². The molecule has 0 amide bonds. The number of rotatable bonds is 5. The van der Waals surface area contributed by atoms with Crippen LogP contribution in [0.5, 0.6) is 0 Å². The molecule has 8 heteroatoms. The maximum absolute atomic E-state index is 9.33. The normalized spacial score (nSPS) is 17.8. The topological polar surface area (TPSA) is 98.5 Å². The first kappa shape index (κ1) is 17.5. The van der Waals surface area contributed by atoms with E-state index in [2.05, 4.69) is 36.7 Å². The zero-order valence-corrected chi connectivity index (χ0v) is 14.6. The molecule has 3 heterocycles. The number of aliphatic hydroxyl groups is 2. The fraction of sp³-hybridized carbons (Fsp3) is 0.529. The number of aromatic nitrogens is 4. The van der Waals surface area contributed by atoms with Gasteiger partial charge in [-0.1, -0.05) is 0 Å². The Bertz CT molecular complexity index is 726. The van der Waals surface area contributed by atoms with E-state index in [1.807, 2.05) is 19.1 Å². The molecule has 1 aliphatic rings. The quantitative estimate of drug-likeness (QED) is 0.800. The lowest BCUT2D eigenvalue weighted by atomic mass is 10.2. The maximum Gasteiger partial charge on any atom is 0.156 e. The number of aliphatic hydroxyl groups excluding tert-OH is 2. The second kappa shape index (κ2) is 7.71. The number of nitrogens with zero attached hydrogens (tertiary/aromatic N) is 6. The lowest BCUT2D eigenvalue weighted by Gasteiger charge is -2.41. The molecule has 0 radical (unpaired) electrons. The molecule has 25 heavy (non-hydrogen) atoms. The van der Waals surface area contributed by atoms with Gasteiger partial charge in [0.2, 0.25) is 0 Å². The second-order valence-electron chi connectivity index (χ2n) is 6.23. The summed E-state index contributed by atoms with van der Waals surface area (Å²) in [5.41, 5.74) is 0.855. The number of anilines is 2. The van der Waals surface area contributed by atoms with Gasteiger partial charge in [-0.2, -0.15) is 0 Å². The summed E-state index contributed by atoms with van der Waals surface area (Å²) < 4.78 is 0. The molecule has 1 aliphatic heterocycles. The summed E-state index contributed by atoms with van der Waals surface area (Å²) in [5, 5.41) is 18.4. The van der Waals surface area contributed by atoms with Gasteiger partial charge in [0.1, 0.15) is 24.1 Å². The van der Waals surface area contributed by atoms with Crippen molar-refractivity contribution in [1.82, 2.24) is 19.9 Å². The van der Waals surface area contributed by atoms with Crippen LogP contribution in [-0.4, -0.2) is 62.4 Å². The van der Waals surface area contributed by atoms with E-state index in [-0.39, 0.29) is 19.3 Å². The predicted molar refractivity (Wildman–Crippen MR) is 94.5 cm³/mol. The first-order chi connectivity index (χ1) is 12.1. The van der Waals surface area contributed by atoms with Gasteiger partial charge in [-0.05, 0) is 19.9 Å². The number of piperazine rings is 1. The lowest BCUT2D eigenvalue weighted by molar-refractivity contribution is 0.271. The van der Waals surface area contributed by atoms with Crippen LogP contribution in [0, 0.1) is 6.92 Å². The van der Waals surface area contributed by atoms with Gasteiger partial charge in [0, 0.05) is 50.1 Å². The molecule has 2 N–H and O–H groups in total. The van der Waals surface area contributed by atoms with Crippen molar-refractivity contribution in [2.75, 3.05) is 36.0 Å². The van der Waals surface area contributed by atoms with Crippen molar-refractivity contribution in [2.45, 2.75) is 32.9 Å². The lowest BCUT2D eigenvalue weighted by Crippen LogP contribution is -2.52. The van der Waals surface area contributed by atoms with E-state index in [4.69, 9.17) is 5.11 Å². The van der Waals surface area contributed by atoms with Gasteiger partial charge < -0.3 is 20.0 Å². The minimum atomic E-state index is -0.155. The molecule has 1 fully saturated rings. The molecule has 0 aromatic carbocycles. The van der Waals surface area contributed by atoms with Crippen molar-refractivity contribution < 1.29 is 10.2 Å². The molecule has 0 unspecified atom stereocenters. The van der Waals surface area contributed by atoms with E-state index in [0.717, 1.165) is 37.0 Å². The Balaban J connectivity index is 1.74. The van der Waals surface area contributed by atoms with Crippen LogP contribution in [0.1, 0.15) is 24.3 Å². The third-order valence-corrected chi connectivity index (χ3v) is 4.30. The highest BCUT2D eigenvalue weighted by molar-refractivity contribution is 5.46. The molecule has 2 aromatic heterocycles. The third-order valence-electron chi connectivity index (χ3n) is 4.30. The first-order valence-corrected chi connectivity index (χ1v) is 8.50. The molecular formula is C17H24N6O2. The monoisotopic (exact) mass is 344 g/mol. The van der Waals surface area contributed by atoms with Crippen LogP contribution in [-0.2, 0) is 13.0 Å². The van der Waals surface area contributed by atoms with Gasteiger partial charge in [-0.25, -0.2) is 19.9 Å². The number of hydrogen-bond acceptors (Lipinski definition) is 8. The molecule has 1 saturated heterocycles. The van der Waals surface area contributed by atoms with Gasteiger partial charge in [-0.3, -0.25) is 0 Å². The smallest absolute Gasteiger partial charge is 0.156 e. The molecule has 2 aromatic rings. The average Bonchev–Trinajstić information content (AvgIpc) is 2.61. The van der Waals surface area contributed by atoms with Gasteiger partial charge in [0.15, 0.2) is 5.82 Å². The Kier molecular flexibility index (Phi) is 5.40. The standard InChI is InChI=1S/C17H24N6O2/c1-12-9-17(21-15(11-25)19-12)23-7-6-22(10-13(23)2)16-3-5-18-14(20-16)4-8-24/h3,5,9,13,24-25H,4,6-8,10-11H2,1-2H3/t13-/m0/s1. The van der Waals surface area contributed by atoms with E-state index in [1.54, 1.807) is 6.20 Å². The van der Waals surface area contributed by atoms with E-state index in [0.29, 0.717) is 18.1 Å². The molecule has 0 saturated carbocycles. The molecule has 0 bridgehead atoms. The number of hydrogen-bond donors (Lipinski definition) is 2. The van der Waals surface area contributed by atoms with Crippen LogP contribution < -0.4 is 9.80 Å². The molecule has 3 rings (SSSR count). The zero-order valence-electron chi connectivity index (χ0n) is 14.6. The summed E-state index contributed by atoms with van der Waals surface area (Å²) in [5.74, 6) is 2.86. The summed E-state index contributed by atoms with van der Waals surface area (Å²) in [4.78, 5) is 21.9. The van der Waals surface area contributed by atoms with Crippen LogP contribution in [0.2, 0.25) is 0 Å².